The molecule has 198 valence electrons. The summed E-state index contributed by atoms with van der Waals surface area (Å²) in [5.74, 6) is -0.469. The summed E-state index contributed by atoms with van der Waals surface area (Å²) < 4.78 is 36.8. The quantitative estimate of drug-likeness (QED) is 0.430. The highest BCUT2D eigenvalue weighted by atomic mass is 19.1. The van der Waals surface area contributed by atoms with Crippen molar-refractivity contribution in [1.29, 1.82) is 0 Å². The first-order chi connectivity index (χ1) is 17.2. The largest absolute Gasteiger partial charge is 0.494 e. The Kier molecular flexibility index (Phi) is 8.49. The lowest BCUT2D eigenvalue weighted by Gasteiger charge is -2.41. The minimum atomic E-state index is -1.42. The van der Waals surface area contributed by atoms with E-state index in [4.69, 9.17) is 18.9 Å². The first-order valence-electron chi connectivity index (χ1n) is 12.2. The van der Waals surface area contributed by atoms with E-state index >= 15 is 0 Å². The maximum Gasteiger partial charge on any atom is 0.186 e. The van der Waals surface area contributed by atoms with Crippen LogP contribution < -0.4 is 9.47 Å². The highest BCUT2D eigenvalue weighted by Gasteiger charge is 2.42. The van der Waals surface area contributed by atoms with Crippen LogP contribution in [0, 0.1) is 17.7 Å². The predicted octanol–water partition coefficient (Wildman–Crippen LogP) is 1.99. The number of rotatable bonds is 8. The molecule has 1 heterocycles. The normalized spacial score (nSPS) is 30.2. The van der Waals surface area contributed by atoms with Crippen molar-refractivity contribution < 1.29 is 43.8 Å². The molecule has 1 unspecified atom stereocenters. The molecule has 2 aromatic carbocycles. The van der Waals surface area contributed by atoms with E-state index in [-0.39, 0.29) is 49.4 Å². The van der Waals surface area contributed by atoms with Crippen LogP contribution in [-0.2, 0) is 15.9 Å². The maximum absolute atomic E-state index is 14.3. The number of fused-ring (bicyclic) bond motifs is 1. The van der Waals surface area contributed by atoms with E-state index in [9.17, 15) is 24.8 Å². The fourth-order valence-corrected chi connectivity index (χ4v) is 5.19. The van der Waals surface area contributed by atoms with E-state index < -0.39 is 30.4 Å². The summed E-state index contributed by atoms with van der Waals surface area (Å²) in [6.45, 7) is 3.69. The topological polar surface area (TPSA) is 118 Å². The molecule has 4 N–H and O–H groups in total. The zero-order chi connectivity index (χ0) is 26.0. The zero-order valence-electron chi connectivity index (χ0n) is 20.7. The summed E-state index contributed by atoms with van der Waals surface area (Å²) in [5, 5.41) is 40.4. The summed E-state index contributed by atoms with van der Waals surface area (Å²) in [7, 11) is 1.41. The second kappa shape index (κ2) is 11.4. The second-order valence-electron chi connectivity index (χ2n) is 9.79. The van der Waals surface area contributed by atoms with Crippen LogP contribution in [0.3, 0.4) is 0 Å². The molecule has 0 spiro atoms. The van der Waals surface area contributed by atoms with Gasteiger partial charge in [-0.25, -0.2) is 4.39 Å². The molecule has 2 aliphatic rings. The van der Waals surface area contributed by atoms with E-state index in [1.807, 2.05) is 32.0 Å². The van der Waals surface area contributed by atoms with Crippen LogP contribution in [0.5, 0.6) is 11.5 Å². The van der Waals surface area contributed by atoms with Crippen LogP contribution in [0.2, 0.25) is 0 Å². The molecule has 9 heteroatoms. The van der Waals surface area contributed by atoms with Gasteiger partial charge in [-0.15, -0.1) is 0 Å². The van der Waals surface area contributed by atoms with Crippen molar-refractivity contribution in [2.45, 2.75) is 56.9 Å². The Morgan fingerprint density at radius 2 is 1.86 bits per heavy atom. The summed E-state index contributed by atoms with van der Waals surface area (Å²) in [5.41, 5.74) is 2.80. The van der Waals surface area contributed by atoms with Crippen molar-refractivity contribution in [2.24, 2.45) is 11.8 Å². The van der Waals surface area contributed by atoms with Crippen molar-refractivity contribution in [3.05, 3.63) is 58.9 Å². The zero-order valence-corrected chi connectivity index (χ0v) is 20.7. The molecule has 8 nitrogen and oxygen atoms in total. The average Bonchev–Trinajstić information content (AvgIpc) is 2.86. The Morgan fingerprint density at radius 3 is 2.56 bits per heavy atom. The van der Waals surface area contributed by atoms with E-state index in [1.165, 1.54) is 13.2 Å². The number of halogens is 1. The summed E-state index contributed by atoms with van der Waals surface area (Å²) in [6.07, 6.45) is -4.59. The molecular weight excluding hydrogens is 471 g/mol. The molecule has 0 saturated carbocycles. The van der Waals surface area contributed by atoms with Gasteiger partial charge in [-0.3, -0.25) is 0 Å². The van der Waals surface area contributed by atoms with Crippen LogP contribution in [-0.4, -0.2) is 78.1 Å². The number of benzene rings is 2. The number of ether oxygens (including phenoxy) is 4. The molecule has 4 rings (SSSR count). The van der Waals surface area contributed by atoms with Gasteiger partial charge in [0.2, 0.25) is 0 Å². The van der Waals surface area contributed by atoms with Gasteiger partial charge < -0.3 is 39.4 Å². The van der Waals surface area contributed by atoms with Crippen molar-refractivity contribution in [2.75, 3.05) is 26.9 Å². The smallest absolute Gasteiger partial charge is 0.186 e. The molecule has 1 aliphatic carbocycles. The molecule has 1 fully saturated rings. The van der Waals surface area contributed by atoms with Crippen LogP contribution in [0.25, 0.3) is 0 Å². The first kappa shape index (κ1) is 26.8. The standard InChI is InChI=1S/C27H35FO8/c1-14(2)36-18-6-4-15-8-17(11-29)20(12-34-27-26(32)25(31)22(30)13-35-27)24(19(15)10-18)16-5-7-21(28)23(9-16)33-3/h4-7,9-10,14,17,20,22,24-27,29-32H,8,11-13H2,1-3H3/t17-,20-,22-,24?,25+,26-,27-/m1/s1. The fraction of sp³-hybridized carbons (Fsp3) is 0.556. The third-order valence-electron chi connectivity index (χ3n) is 7.02. The Balaban J connectivity index is 1.72. The Labute approximate surface area is 210 Å². The number of hydrogen-bond donors (Lipinski definition) is 4. The molecule has 0 aromatic heterocycles. The van der Waals surface area contributed by atoms with Crippen molar-refractivity contribution >= 4 is 0 Å². The monoisotopic (exact) mass is 506 g/mol. The van der Waals surface area contributed by atoms with E-state index in [0.29, 0.717) is 12.2 Å². The average molecular weight is 507 g/mol. The third kappa shape index (κ3) is 5.51. The van der Waals surface area contributed by atoms with E-state index in [1.54, 1.807) is 12.1 Å². The fourth-order valence-electron chi connectivity index (χ4n) is 5.19. The Bertz CT molecular complexity index is 1030. The van der Waals surface area contributed by atoms with E-state index in [2.05, 4.69) is 0 Å². The highest BCUT2D eigenvalue weighted by molar-refractivity contribution is 5.47. The minimum Gasteiger partial charge on any atom is -0.494 e. The van der Waals surface area contributed by atoms with E-state index in [0.717, 1.165) is 16.7 Å². The summed E-state index contributed by atoms with van der Waals surface area (Å²) in [6, 6.07) is 10.6. The molecule has 1 saturated heterocycles. The van der Waals surface area contributed by atoms with Gasteiger partial charge in [0.15, 0.2) is 17.9 Å². The van der Waals surface area contributed by atoms with Gasteiger partial charge in [0.25, 0.3) is 0 Å². The van der Waals surface area contributed by atoms with Crippen LogP contribution in [0.4, 0.5) is 4.39 Å². The van der Waals surface area contributed by atoms with Gasteiger partial charge in [-0.1, -0.05) is 12.1 Å². The first-order valence-corrected chi connectivity index (χ1v) is 12.2. The second-order valence-corrected chi connectivity index (χ2v) is 9.79. The molecular formula is C27H35FO8. The maximum atomic E-state index is 14.3. The Hall–Kier alpha value is -2.27. The molecule has 0 amide bonds. The lowest BCUT2D eigenvalue weighted by atomic mass is 9.67. The Morgan fingerprint density at radius 1 is 1.08 bits per heavy atom. The molecule has 2 aromatic rings. The van der Waals surface area contributed by atoms with Crippen molar-refractivity contribution in [3.8, 4) is 11.5 Å². The van der Waals surface area contributed by atoms with Gasteiger partial charge in [0.1, 0.15) is 24.1 Å². The molecule has 0 bridgehead atoms. The lowest BCUT2D eigenvalue weighted by molar-refractivity contribution is -0.274. The van der Waals surface area contributed by atoms with Crippen LogP contribution in [0.15, 0.2) is 36.4 Å². The number of aliphatic hydroxyl groups is 4. The van der Waals surface area contributed by atoms with Crippen molar-refractivity contribution in [3.63, 3.8) is 0 Å². The highest BCUT2D eigenvalue weighted by Crippen LogP contribution is 2.46. The van der Waals surface area contributed by atoms with Gasteiger partial charge in [0.05, 0.1) is 26.4 Å². The summed E-state index contributed by atoms with van der Waals surface area (Å²) in [4.78, 5) is 0. The lowest BCUT2D eigenvalue weighted by Crippen LogP contribution is -2.54. The van der Waals surface area contributed by atoms with Gasteiger partial charge in [0, 0.05) is 12.5 Å². The molecule has 36 heavy (non-hydrogen) atoms. The molecule has 7 atom stereocenters. The molecule has 1 aliphatic heterocycles. The van der Waals surface area contributed by atoms with Crippen LogP contribution in [0.1, 0.15) is 36.5 Å². The number of hydrogen-bond acceptors (Lipinski definition) is 8. The van der Waals surface area contributed by atoms with Crippen LogP contribution >= 0.6 is 0 Å². The SMILES string of the molecule is COc1cc(C2c3cc(OC(C)C)ccc3C[C@H](CO)[C@H]2CO[C@@H]2OC[C@@H](O)[C@H](O)[C@H]2O)ccc1F. The van der Waals surface area contributed by atoms with Crippen molar-refractivity contribution in [1.82, 2.24) is 0 Å². The van der Waals surface area contributed by atoms with Gasteiger partial charge in [-0.05, 0) is 73.1 Å². The minimum absolute atomic E-state index is 0.0213. The van der Waals surface area contributed by atoms with Gasteiger partial charge >= 0.3 is 0 Å². The number of aliphatic hydroxyl groups excluding tert-OH is 4. The van der Waals surface area contributed by atoms with Gasteiger partial charge in [-0.2, -0.15) is 0 Å². The third-order valence-corrected chi connectivity index (χ3v) is 7.02. The number of methoxy groups -OCH3 is 1. The summed E-state index contributed by atoms with van der Waals surface area (Å²) >= 11 is 0. The molecule has 0 radical (unpaired) electrons. The predicted molar refractivity (Wildman–Crippen MR) is 128 cm³/mol.